The number of amides is 9. The predicted molar refractivity (Wildman–Crippen MR) is 304 cm³/mol. The summed E-state index contributed by atoms with van der Waals surface area (Å²) in [5, 5.41) is 19.8. The second kappa shape index (κ2) is 35.5. The molecule has 448 valence electrons. The largest absolute Gasteiger partial charge is 0.370 e. The molecule has 81 heavy (non-hydrogen) atoms. The summed E-state index contributed by atoms with van der Waals surface area (Å²) in [5.74, 6) is -6.56. The molecule has 16 N–H and O–H groups in total. The van der Waals surface area contributed by atoms with Gasteiger partial charge in [-0.05, 0) is 97.5 Å². The first-order valence-corrected chi connectivity index (χ1v) is 27.9. The number of likely N-dealkylation sites (tertiary alicyclic amines) is 1. The maximum Gasteiger partial charge on any atom is 0.245 e. The van der Waals surface area contributed by atoms with E-state index >= 15 is 0 Å². The van der Waals surface area contributed by atoms with Crippen LogP contribution in [0.2, 0.25) is 0 Å². The highest BCUT2D eigenvalue weighted by Gasteiger charge is 2.42. The smallest absolute Gasteiger partial charge is 0.245 e. The molecule has 1 saturated heterocycles. The van der Waals surface area contributed by atoms with Crippen LogP contribution in [0.5, 0.6) is 0 Å². The molecule has 9 amide bonds. The van der Waals surface area contributed by atoms with E-state index in [4.69, 9.17) is 22.9 Å². The molecule has 0 bridgehead atoms. The number of hydrogen-bond donors (Lipinski definition) is 12. The fourth-order valence-corrected chi connectivity index (χ4v) is 8.84. The Morgan fingerprint density at radius 2 is 1.42 bits per heavy atom. The van der Waals surface area contributed by atoms with Gasteiger partial charge in [0, 0.05) is 77.0 Å². The van der Waals surface area contributed by atoms with E-state index in [0.717, 1.165) is 11.3 Å². The molecule has 0 unspecified atom stereocenters. The normalized spacial score (nSPS) is 14.4. The number of aromatic amines is 1. The number of H-pyrrole nitrogens is 1. The van der Waals surface area contributed by atoms with Crippen LogP contribution in [0.15, 0.2) is 52.8 Å². The molecule has 27 heteroatoms. The Bertz CT molecular complexity index is 2440. The van der Waals surface area contributed by atoms with Crippen LogP contribution in [0.25, 0.3) is 0 Å². The number of nitrogens with two attached hydrogens (primary N) is 4. The molecule has 0 spiro atoms. The van der Waals surface area contributed by atoms with Crippen molar-refractivity contribution in [2.45, 2.75) is 155 Å². The van der Waals surface area contributed by atoms with Crippen LogP contribution >= 0.6 is 0 Å². The molecule has 1 aromatic heterocycles. The van der Waals surface area contributed by atoms with Crippen molar-refractivity contribution < 1.29 is 47.9 Å². The zero-order valence-corrected chi connectivity index (χ0v) is 47.6. The van der Waals surface area contributed by atoms with E-state index in [0.29, 0.717) is 70.5 Å². The van der Waals surface area contributed by atoms with Gasteiger partial charge < -0.3 is 74.9 Å². The van der Waals surface area contributed by atoms with Crippen molar-refractivity contribution in [1.82, 2.24) is 57.0 Å². The number of imidazole rings is 1. The molecule has 27 nitrogen and oxygen atoms in total. The molecule has 2 aromatic rings. The zero-order valence-electron chi connectivity index (χ0n) is 47.6. The topological polar surface area (TPSA) is 419 Å². The Kier molecular flexibility index (Phi) is 29.4. The number of benzene rings is 1. The van der Waals surface area contributed by atoms with Gasteiger partial charge in [-0.1, -0.05) is 37.3 Å². The molecule has 0 aliphatic carbocycles. The van der Waals surface area contributed by atoms with Crippen molar-refractivity contribution in [1.29, 1.82) is 0 Å². The molecule has 0 radical (unpaired) electrons. The lowest BCUT2D eigenvalue weighted by molar-refractivity contribution is -0.145. The average Bonchev–Trinajstić information content (AvgIpc) is 4.19. The number of carbonyl (C=O) groups is 10. The lowest BCUT2D eigenvalue weighted by Crippen LogP contribution is -2.59. The van der Waals surface area contributed by atoms with Gasteiger partial charge in [0.2, 0.25) is 53.2 Å². The van der Waals surface area contributed by atoms with Crippen LogP contribution in [-0.4, -0.2) is 173 Å². The Morgan fingerprint density at radius 3 is 2.02 bits per heavy atom. The highest BCUT2D eigenvalue weighted by Crippen LogP contribution is 2.22. The summed E-state index contributed by atoms with van der Waals surface area (Å²) in [4.78, 5) is 154. The van der Waals surface area contributed by atoms with Gasteiger partial charge in [-0.15, -0.1) is 0 Å². The SMILES string of the molecule is CCNC(=NCCCC[C@H](NC(=O)[C@@H]1CCCN1C(=O)[C@H](CCCCN=C(N)N)NC(=O)[C@H](CCC(N)=O)NC(=O)C(C)(C)C(=O)NCCc1cnc[nH]1)C(=O)N(CCc1ccccc1)CC(=O)N[C@@H](CC(N)=O)C(=O)CC)NCC. The summed E-state index contributed by atoms with van der Waals surface area (Å²) in [6.07, 6.45) is 4.97. The number of Topliss-reactive ketones (excluding diaryl/α,β-unsaturated/α-hetero) is 1. The van der Waals surface area contributed by atoms with Gasteiger partial charge in [-0.2, -0.15) is 0 Å². The number of unbranched alkanes of at least 4 members (excludes halogenated alkanes) is 2. The summed E-state index contributed by atoms with van der Waals surface area (Å²) < 4.78 is 0. The number of ketones is 1. The minimum atomic E-state index is -1.71. The highest BCUT2D eigenvalue weighted by atomic mass is 16.2. The van der Waals surface area contributed by atoms with Crippen molar-refractivity contribution in [3.8, 4) is 0 Å². The van der Waals surface area contributed by atoms with Crippen molar-refractivity contribution in [3.63, 3.8) is 0 Å². The first-order valence-electron chi connectivity index (χ1n) is 27.9. The molecular formula is C54H87N17O10. The lowest BCUT2D eigenvalue weighted by atomic mass is 9.90. The molecule has 3 rings (SSSR count). The van der Waals surface area contributed by atoms with Crippen molar-refractivity contribution in [3.05, 3.63) is 54.1 Å². The van der Waals surface area contributed by atoms with Crippen LogP contribution in [0, 0.1) is 5.41 Å². The summed E-state index contributed by atoms with van der Waals surface area (Å²) in [7, 11) is 0. The summed E-state index contributed by atoms with van der Waals surface area (Å²) in [5.41, 5.74) is 21.9. The Morgan fingerprint density at radius 1 is 0.753 bits per heavy atom. The molecule has 1 fully saturated rings. The van der Waals surface area contributed by atoms with Crippen molar-refractivity contribution >= 4 is 70.9 Å². The third-order valence-electron chi connectivity index (χ3n) is 13.4. The summed E-state index contributed by atoms with van der Waals surface area (Å²) >= 11 is 0. The molecular weight excluding hydrogens is 1050 g/mol. The average molecular weight is 1130 g/mol. The zero-order chi connectivity index (χ0) is 59.9. The van der Waals surface area contributed by atoms with Gasteiger partial charge in [0.15, 0.2) is 17.7 Å². The van der Waals surface area contributed by atoms with Crippen molar-refractivity contribution in [2.24, 2.45) is 38.3 Å². The second-order valence-corrected chi connectivity index (χ2v) is 20.2. The Hall–Kier alpha value is -8.13. The van der Waals surface area contributed by atoms with Gasteiger partial charge in [-0.25, -0.2) is 4.98 Å². The summed E-state index contributed by atoms with van der Waals surface area (Å²) in [6.45, 7) is 9.77. The van der Waals surface area contributed by atoms with E-state index in [2.05, 4.69) is 57.2 Å². The van der Waals surface area contributed by atoms with E-state index in [1.807, 2.05) is 44.2 Å². The predicted octanol–water partition coefficient (Wildman–Crippen LogP) is -1.59. The van der Waals surface area contributed by atoms with Crippen LogP contribution < -0.4 is 60.2 Å². The van der Waals surface area contributed by atoms with Crippen LogP contribution in [0.1, 0.15) is 123 Å². The number of guanidine groups is 2. The van der Waals surface area contributed by atoms with Crippen molar-refractivity contribution in [2.75, 3.05) is 52.4 Å². The summed E-state index contributed by atoms with van der Waals surface area (Å²) in [6, 6.07) is 2.89. The van der Waals surface area contributed by atoms with Crippen LogP contribution in [-0.2, 0) is 60.8 Å². The number of rotatable bonds is 37. The van der Waals surface area contributed by atoms with Gasteiger partial charge >= 0.3 is 0 Å². The maximum atomic E-state index is 14.9. The number of nitrogens with zero attached hydrogens (tertiary/aromatic N) is 5. The number of aliphatic imine (C=N–C) groups is 2. The fourth-order valence-electron chi connectivity index (χ4n) is 8.84. The van der Waals surface area contributed by atoms with Crippen LogP contribution in [0.4, 0.5) is 0 Å². The highest BCUT2D eigenvalue weighted by molar-refractivity contribution is 6.06. The van der Waals surface area contributed by atoms with Gasteiger partial charge in [0.1, 0.15) is 29.6 Å². The van der Waals surface area contributed by atoms with Gasteiger partial charge in [0.25, 0.3) is 0 Å². The Labute approximate surface area is 473 Å². The first kappa shape index (κ1) is 67.1. The number of nitrogens with one attached hydrogen (secondary N) is 8. The fraction of sp³-hybridized carbons (Fsp3) is 0.611. The number of carbonyl (C=O) groups excluding carboxylic acids is 10. The standard InChI is InChI=1S/C54H87N17O10/c1-6-42(72)40(31-44(56)74)66-45(75)33-70(30-25-35-17-10-9-11-18-35)48(78)38(19-13-15-27-64-53(60-7-2)61-8-3)68-47(77)41-21-16-29-71(41)49(79)39(20-12-14-26-63-52(57)58)67-46(76)37(22-23-43(55)73)69-51(81)54(4,5)50(80)62-28-24-36-32-59-34-65-36/h9-11,17-18,32,34,37-41H,6-8,12-16,19-31,33H2,1-5H3,(H2,55,73)(H2,56,74)(H,59,65)(H,62,80)(H,66,75)(H,67,76)(H,68,77)(H,69,81)(H4,57,58,63)(H2,60,61,64)/t37-,38-,39-,40-,41-/m0/s1. The molecule has 1 aliphatic heterocycles. The second-order valence-electron chi connectivity index (χ2n) is 20.2. The monoisotopic (exact) mass is 1130 g/mol. The van der Waals surface area contributed by atoms with Gasteiger partial charge in [0.05, 0.1) is 25.3 Å². The molecule has 1 aliphatic rings. The van der Waals surface area contributed by atoms with Gasteiger partial charge in [-0.3, -0.25) is 57.9 Å². The minimum Gasteiger partial charge on any atom is -0.370 e. The van der Waals surface area contributed by atoms with E-state index < -0.39 is 108 Å². The van der Waals surface area contributed by atoms with E-state index in [1.165, 1.54) is 30.0 Å². The lowest BCUT2D eigenvalue weighted by Gasteiger charge is -2.32. The number of hydrogen-bond acceptors (Lipinski definition) is 13. The molecule has 5 atom stereocenters. The maximum absolute atomic E-state index is 14.9. The van der Waals surface area contributed by atoms with Crippen LogP contribution in [0.3, 0.4) is 0 Å². The first-order chi connectivity index (χ1) is 38.6. The third-order valence-corrected chi connectivity index (χ3v) is 13.4. The third kappa shape index (κ3) is 24.0. The molecule has 1 aromatic carbocycles. The molecule has 2 heterocycles. The van der Waals surface area contributed by atoms with E-state index in [1.54, 1.807) is 13.1 Å². The number of primary amides is 2. The number of aromatic nitrogens is 2. The quantitative estimate of drug-likeness (QED) is 0.0157. The van der Waals surface area contributed by atoms with E-state index in [9.17, 15) is 47.9 Å². The Balaban J connectivity index is 1.97. The molecule has 0 saturated carbocycles. The van der Waals surface area contributed by atoms with E-state index in [-0.39, 0.29) is 70.7 Å². The minimum absolute atomic E-state index is 0.00925.